The van der Waals surface area contributed by atoms with Crippen LogP contribution in [0.25, 0.3) is 0 Å². The topological polar surface area (TPSA) is 93.9 Å². The summed E-state index contributed by atoms with van der Waals surface area (Å²) in [6.07, 6.45) is 0. The number of methoxy groups -OCH3 is 2. The second-order valence-electron chi connectivity index (χ2n) is 4.54. The molecule has 23 heavy (non-hydrogen) atoms. The van der Waals surface area contributed by atoms with Gasteiger partial charge >= 0.3 is 6.03 Å². The van der Waals surface area contributed by atoms with Gasteiger partial charge in [-0.05, 0) is 48.5 Å². The zero-order valence-corrected chi connectivity index (χ0v) is 12.8. The predicted molar refractivity (Wildman–Crippen MR) is 85.5 cm³/mol. The minimum absolute atomic E-state index is 0.371. The lowest BCUT2D eigenvalue weighted by Crippen LogP contribution is -2.48. The highest BCUT2D eigenvalue weighted by Gasteiger charge is 2.19. The molecule has 0 atom stereocenters. The van der Waals surface area contributed by atoms with Crippen molar-refractivity contribution in [3.63, 3.8) is 0 Å². The number of urea groups is 1. The van der Waals surface area contributed by atoms with Crippen molar-refractivity contribution in [2.75, 3.05) is 19.2 Å². The van der Waals surface area contributed by atoms with Gasteiger partial charge in [-0.15, -0.1) is 0 Å². The third-order valence-corrected chi connectivity index (χ3v) is 3.09. The monoisotopic (exact) mass is 315 g/mol. The molecular formula is C16H17N3O4. The molecule has 0 saturated heterocycles. The summed E-state index contributed by atoms with van der Waals surface area (Å²) in [4.78, 5) is 23.8. The Labute approximate surface area is 133 Å². The van der Waals surface area contributed by atoms with E-state index in [4.69, 9.17) is 15.2 Å². The number of nitrogens with one attached hydrogen (secondary N) is 1. The Bertz CT molecular complexity index is 683. The molecule has 0 spiro atoms. The number of carbonyl (C=O) groups excluding carboxylic acids is 2. The van der Waals surface area contributed by atoms with Crippen LogP contribution in [-0.2, 0) is 0 Å². The van der Waals surface area contributed by atoms with Crippen molar-refractivity contribution in [2.45, 2.75) is 0 Å². The highest BCUT2D eigenvalue weighted by atomic mass is 16.5. The number of hydrogen-bond acceptors (Lipinski definition) is 4. The summed E-state index contributed by atoms with van der Waals surface area (Å²) in [5.41, 5.74) is 8.29. The molecular weight excluding hydrogens is 298 g/mol. The molecule has 2 aromatic rings. The Kier molecular flexibility index (Phi) is 5.03. The first kappa shape index (κ1) is 16.2. The van der Waals surface area contributed by atoms with Gasteiger partial charge in [0.2, 0.25) is 0 Å². The number of benzene rings is 2. The molecule has 7 nitrogen and oxygen atoms in total. The molecule has 7 heteroatoms. The van der Waals surface area contributed by atoms with Gasteiger partial charge in [0.1, 0.15) is 11.5 Å². The molecule has 3 N–H and O–H groups in total. The lowest BCUT2D eigenvalue weighted by atomic mass is 10.2. The van der Waals surface area contributed by atoms with E-state index in [1.165, 1.54) is 14.2 Å². The van der Waals surface area contributed by atoms with E-state index in [9.17, 15) is 9.59 Å². The van der Waals surface area contributed by atoms with Crippen LogP contribution in [0.1, 0.15) is 10.4 Å². The van der Waals surface area contributed by atoms with Crippen LogP contribution in [0.4, 0.5) is 10.5 Å². The van der Waals surface area contributed by atoms with Gasteiger partial charge in [-0.2, -0.15) is 0 Å². The largest absolute Gasteiger partial charge is 0.497 e. The maximum absolute atomic E-state index is 12.6. The van der Waals surface area contributed by atoms with E-state index < -0.39 is 11.9 Å². The molecule has 3 amide bonds. The minimum Gasteiger partial charge on any atom is -0.497 e. The fraction of sp³-hybridized carbons (Fsp3) is 0.125. The lowest BCUT2D eigenvalue weighted by molar-refractivity contribution is 0.0976. The molecule has 0 saturated carbocycles. The highest BCUT2D eigenvalue weighted by molar-refractivity contribution is 6.07. The average Bonchev–Trinajstić information content (AvgIpc) is 2.59. The number of anilines is 1. The first-order chi connectivity index (χ1) is 11.0. The summed E-state index contributed by atoms with van der Waals surface area (Å²) in [6.45, 7) is 0. The third kappa shape index (κ3) is 3.91. The van der Waals surface area contributed by atoms with Crippen LogP contribution in [0.5, 0.6) is 11.5 Å². The van der Waals surface area contributed by atoms with Crippen molar-refractivity contribution >= 4 is 17.6 Å². The van der Waals surface area contributed by atoms with Crippen molar-refractivity contribution in [2.24, 2.45) is 5.73 Å². The maximum Gasteiger partial charge on any atom is 0.331 e. The van der Waals surface area contributed by atoms with Gasteiger partial charge in [-0.25, -0.2) is 15.2 Å². The van der Waals surface area contributed by atoms with Crippen LogP contribution in [0.3, 0.4) is 0 Å². The summed E-state index contributed by atoms with van der Waals surface area (Å²) < 4.78 is 10.1. The van der Waals surface area contributed by atoms with E-state index in [2.05, 4.69) is 5.43 Å². The molecule has 0 aliphatic carbocycles. The van der Waals surface area contributed by atoms with E-state index >= 15 is 0 Å². The van der Waals surface area contributed by atoms with Crippen LogP contribution in [0, 0.1) is 0 Å². The molecule has 120 valence electrons. The zero-order chi connectivity index (χ0) is 16.8. The standard InChI is InChI=1S/C16H17N3O4/c1-22-13-7-3-11(4-8-13)15(20)19(18-16(17)21)12-5-9-14(23-2)10-6-12/h3-10H,1-2H3,(H3,17,18,21). The molecule has 0 aliphatic rings. The highest BCUT2D eigenvalue weighted by Crippen LogP contribution is 2.20. The van der Waals surface area contributed by atoms with Crippen molar-refractivity contribution in [1.82, 2.24) is 5.43 Å². The van der Waals surface area contributed by atoms with Crippen molar-refractivity contribution < 1.29 is 19.1 Å². The van der Waals surface area contributed by atoms with Gasteiger partial charge in [0, 0.05) is 5.56 Å². The quantitative estimate of drug-likeness (QED) is 0.843. The third-order valence-electron chi connectivity index (χ3n) is 3.09. The van der Waals surface area contributed by atoms with Gasteiger partial charge in [0.05, 0.1) is 19.9 Å². The molecule has 0 radical (unpaired) electrons. The van der Waals surface area contributed by atoms with Crippen LogP contribution < -0.4 is 25.6 Å². The number of carbonyl (C=O) groups is 2. The average molecular weight is 315 g/mol. The maximum atomic E-state index is 12.6. The molecule has 2 rings (SSSR count). The Morgan fingerprint density at radius 2 is 1.39 bits per heavy atom. The van der Waals surface area contributed by atoms with E-state index in [-0.39, 0.29) is 0 Å². The number of hydrogen-bond donors (Lipinski definition) is 2. The number of primary amides is 1. The van der Waals surface area contributed by atoms with Crippen LogP contribution in [0.15, 0.2) is 48.5 Å². The van der Waals surface area contributed by atoms with E-state index in [1.807, 2.05) is 0 Å². The number of rotatable bonds is 4. The van der Waals surface area contributed by atoms with Crippen molar-refractivity contribution in [3.8, 4) is 11.5 Å². The van der Waals surface area contributed by atoms with Crippen LogP contribution in [0.2, 0.25) is 0 Å². The van der Waals surface area contributed by atoms with Gasteiger partial charge in [0.15, 0.2) is 0 Å². The minimum atomic E-state index is -0.845. The summed E-state index contributed by atoms with van der Waals surface area (Å²) in [7, 11) is 3.08. The second-order valence-corrected chi connectivity index (χ2v) is 4.54. The Morgan fingerprint density at radius 1 is 0.913 bits per heavy atom. The zero-order valence-electron chi connectivity index (χ0n) is 12.8. The Hall–Kier alpha value is -3.22. The lowest BCUT2D eigenvalue weighted by Gasteiger charge is -2.22. The van der Waals surface area contributed by atoms with Gasteiger partial charge in [-0.1, -0.05) is 0 Å². The number of ether oxygens (including phenoxy) is 2. The summed E-state index contributed by atoms with van der Waals surface area (Å²) in [5.74, 6) is 0.821. The van der Waals surface area contributed by atoms with Crippen molar-refractivity contribution in [1.29, 1.82) is 0 Å². The molecule has 0 heterocycles. The Morgan fingerprint density at radius 3 is 1.83 bits per heavy atom. The molecule has 0 unspecified atom stereocenters. The molecule has 2 aromatic carbocycles. The SMILES string of the molecule is COc1ccc(C(=O)N(NC(N)=O)c2ccc(OC)cc2)cc1. The predicted octanol–water partition coefficient (Wildman–Crippen LogP) is 1.93. The molecule has 0 fully saturated rings. The van der Waals surface area contributed by atoms with Crippen LogP contribution in [-0.4, -0.2) is 26.2 Å². The number of hydrazine groups is 1. The molecule has 0 bridgehead atoms. The first-order valence-corrected chi connectivity index (χ1v) is 6.74. The van der Waals surface area contributed by atoms with Gasteiger partial charge < -0.3 is 15.2 Å². The summed E-state index contributed by atoms with van der Waals surface area (Å²) in [6, 6.07) is 12.3. The first-order valence-electron chi connectivity index (χ1n) is 6.74. The van der Waals surface area contributed by atoms with E-state index in [0.29, 0.717) is 22.7 Å². The fourth-order valence-electron chi connectivity index (χ4n) is 1.94. The molecule has 0 aromatic heterocycles. The smallest absolute Gasteiger partial charge is 0.331 e. The van der Waals surface area contributed by atoms with Gasteiger partial charge in [-0.3, -0.25) is 4.79 Å². The molecule has 0 aliphatic heterocycles. The van der Waals surface area contributed by atoms with Gasteiger partial charge in [0.25, 0.3) is 5.91 Å². The number of nitrogens with zero attached hydrogens (tertiary/aromatic N) is 1. The summed E-state index contributed by atoms with van der Waals surface area (Å²) >= 11 is 0. The number of nitrogens with two attached hydrogens (primary N) is 1. The normalized spacial score (nSPS) is 9.83. The van der Waals surface area contributed by atoms with E-state index in [0.717, 1.165) is 5.01 Å². The van der Waals surface area contributed by atoms with Crippen molar-refractivity contribution in [3.05, 3.63) is 54.1 Å². The fourth-order valence-corrected chi connectivity index (χ4v) is 1.94. The van der Waals surface area contributed by atoms with Crippen LogP contribution >= 0.6 is 0 Å². The van der Waals surface area contributed by atoms with E-state index in [1.54, 1.807) is 48.5 Å². The Balaban J connectivity index is 2.31. The second kappa shape index (κ2) is 7.17. The number of amides is 3. The summed E-state index contributed by atoms with van der Waals surface area (Å²) in [5, 5.41) is 1.07.